The Bertz CT molecular complexity index is 710. The third-order valence-electron chi connectivity index (χ3n) is 2.72. The highest BCUT2D eigenvalue weighted by Gasteiger charge is 2.05. The van der Waals surface area contributed by atoms with Crippen molar-refractivity contribution in [2.24, 2.45) is 0 Å². The van der Waals surface area contributed by atoms with Gasteiger partial charge in [-0.1, -0.05) is 11.8 Å². The highest BCUT2D eigenvalue weighted by atomic mass is 32.2. The zero-order valence-electron chi connectivity index (χ0n) is 10.8. The van der Waals surface area contributed by atoms with E-state index in [0.717, 1.165) is 6.07 Å². The third-order valence-corrected chi connectivity index (χ3v) is 3.71. The molecule has 3 rings (SSSR count). The molecule has 0 saturated heterocycles. The third kappa shape index (κ3) is 3.46. The van der Waals surface area contributed by atoms with Crippen LogP contribution in [0.4, 0.5) is 8.78 Å². The average molecular weight is 304 g/mol. The molecule has 0 amide bonds. The van der Waals surface area contributed by atoms with E-state index in [0.29, 0.717) is 27.8 Å². The van der Waals surface area contributed by atoms with Crippen LogP contribution in [0.25, 0.3) is 11.5 Å². The fraction of sp³-hybridized carbons (Fsp3) is 0.0667. The summed E-state index contributed by atoms with van der Waals surface area (Å²) in [5.41, 5.74) is 1.20. The minimum atomic E-state index is -0.579. The molecule has 0 aliphatic carbocycles. The molecule has 0 aliphatic heterocycles. The first-order valence-corrected chi connectivity index (χ1v) is 7.15. The van der Waals surface area contributed by atoms with Crippen LogP contribution < -0.4 is 0 Å². The maximum absolute atomic E-state index is 13.1. The first-order valence-electron chi connectivity index (χ1n) is 6.16. The lowest BCUT2D eigenvalue weighted by atomic mass is 10.2. The molecule has 3 nitrogen and oxygen atoms in total. The largest absolute Gasteiger partial charge is 0.463 e. The zero-order chi connectivity index (χ0) is 14.7. The van der Waals surface area contributed by atoms with E-state index >= 15 is 0 Å². The van der Waals surface area contributed by atoms with Crippen LogP contribution in [0.3, 0.4) is 0 Å². The van der Waals surface area contributed by atoms with E-state index in [4.69, 9.17) is 4.42 Å². The zero-order valence-corrected chi connectivity index (χ0v) is 11.6. The van der Waals surface area contributed by atoms with E-state index in [1.807, 2.05) is 0 Å². The second-order valence-corrected chi connectivity index (χ2v) is 5.30. The van der Waals surface area contributed by atoms with Gasteiger partial charge in [0.15, 0.2) is 5.76 Å². The van der Waals surface area contributed by atoms with E-state index in [1.165, 1.54) is 23.9 Å². The minimum absolute atomic E-state index is 0.420. The molecule has 2 heterocycles. The van der Waals surface area contributed by atoms with Crippen LogP contribution in [0.2, 0.25) is 0 Å². The van der Waals surface area contributed by atoms with Crippen LogP contribution in [-0.4, -0.2) is 10.2 Å². The molecule has 1 aromatic carbocycles. The van der Waals surface area contributed by atoms with Crippen molar-refractivity contribution in [3.05, 3.63) is 65.9 Å². The molecule has 0 spiro atoms. The maximum Gasteiger partial charge on any atom is 0.154 e. The predicted octanol–water partition coefficient (Wildman–Crippen LogP) is 4.31. The molecule has 2 aromatic heterocycles. The van der Waals surface area contributed by atoms with E-state index in [1.54, 1.807) is 30.5 Å². The van der Waals surface area contributed by atoms with Crippen molar-refractivity contribution in [3.8, 4) is 11.5 Å². The van der Waals surface area contributed by atoms with Crippen LogP contribution in [0.15, 0.2) is 58.2 Å². The van der Waals surface area contributed by atoms with Gasteiger partial charge < -0.3 is 4.42 Å². The summed E-state index contributed by atoms with van der Waals surface area (Å²) in [5.74, 6) is -0.0929. The Hall–Kier alpha value is -2.21. The van der Waals surface area contributed by atoms with Gasteiger partial charge in [0.05, 0.1) is 6.26 Å². The average Bonchev–Trinajstić information content (AvgIpc) is 2.99. The lowest BCUT2D eigenvalue weighted by molar-refractivity contribution is 0.578. The smallest absolute Gasteiger partial charge is 0.154 e. The SMILES string of the molecule is Fc1cc(F)cc(CSc2ccc(-c3ccco3)nn2)c1. The molecule has 0 atom stereocenters. The monoisotopic (exact) mass is 304 g/mol. The fourth-order valence-corrected chi connectivity index (χ4v) is 2.55. The van der Waals surface area contributed by atoms with Crippen molar-refractivity contribution < 1.29 is 13.2 Å². The summed E-state index contributed by atoms with van der Waals surface area (Å²) in [4.78, 5) is 0. The first-order chi connectivity index (χ1) is 10.2. The van der Waals surface area contributed by atoms with E-state index in [-0.39, 0.29) is 0 Å². The topological polar surface area (TPSA) is 38.9 Å². The Morgan fingerprint density at radius 2 is 1.81 bits per heavy atom. The number of halogens is 2. The maximum atomic E-state index is 13.1. The Morgan fingerprint density at radius 1 is 1.00 bits per heavy atom. The fourth-order valence-electron chi connectivity index (χ4n) is 1.80. The van der Waals surface area contributed by atoms with Gasteiger partial charge in [0.2, 0.25) is 0 Å². The molecule has 6 heteroatoms. The predicted molar refractivity (Wildman–Crippen MR) is 75.7 cm³/mol. The van der Waals surface area contributed by atoms with Crippen molar-refractivity contribution in [1.82, 2.24) is 10.2 Å². The number of hydrogen-bond donors (Lipinski definition) is 0. The van der Waals surface area contributed by atoms with Crippen LogP contribution in [-0.2, 0) is 5.75 Å². The summed E-state index contributed by atoms with van der Waals surface area (Å²) in [5, 5.41) is 8.79. The molecular weight excluding hydrogens is 294 g/mol. The number of furan rings is 1. The molecule has 106 valence electrons. The molecule has 0 radical (unpaired) electrons. The highest BCUT2D eigenvalue weighted by Crippen LogP contribution is 2.23. The summed E-state index contributed by atoms with van der Waals surface area (Å²) in [7, 11) is 0. The molecular formula is C15H10F2N2OS. The van der Waals surface area contributed by atoms with E-state index in [2.05, 4.69) is 10.2 Å². The van der Waals surface area contributed by atoms with Gasteiger partial charge in [-0.3, -0.25) is 0 Å². The first kappa shape index (κ1) is 13.8. The number of rotatable bonds is 4. The summed E-state index contributed by atoms with van der Waals surface area (Å²) in [6, 6.07) is 10.6. The quantitative estimate of drug-likeness (QED) is 0.673. The molecule has 0 fully saturated rings. The second-order valence-electron chi connectivity index (χ2n) is 4.30. The van der Waals surface area contributed by atoms with Gasteiger partial charge in [-0.25, -0.2) is 8.78 Å². The standard InChI is InChI=1S/C15H10F2N2OS/c16-11-6-10(7-12(17)8-11)9-21-15-4-3-13(18-19-15)14-2-1-5-20-14/h1-8H,9H2. The molecule has 21 heavy (non-hydrogen) atoms. The summed E-state index contributed by atoms with van der Waals surface area (Å²) >= 11 is 1.36. The van der Waals surface area contributed by atoms with Crippen molar-refractivity contribution in [2.45, 2.75) is 10.8 Å². The number of benzene rings is 1. The molecule has 0 unspecified atom stereocenters. The Balaban J connectivity index is 1.68. The Morgan fingerprint density at radius 3 is 2.43 bits per heavy atom. The Labute approximate surface area is 124 Å². The van der Waals surface area contributed by atoms with E-state index in [9.17, 15) is 8.78 Å². The van der Waals surface area contributed by atoms with Crippen molar-refractivity contribution in [2.75, 3.05) is 0 Å². The van der Waals surface area contributed by atoms with Crippen LogP contribution in [0.5, 0.6) is 0 Å². The van der Waals surface area contributed by atoms with Crippen molar-refractivity contribution >= 4 is 11.8 Å². The molecule has 0 N–H and O–H groups in total. The van der Waals surface area contributed by atoms with Gasteiger partial charge in [0.1, 0.15) is 22.4 Å². The molecule has 0 bridgehead atoms. The second kappa shape index (κ2) is 6.05. The van der Waals surface area contributed by atoms with Gasteiger partial charge >= 0.3 is 0 Å². The molecule has 0 saturated carbocycles. The van der Waals surface area contributed by atoms with Crippen LogP contribution in [0, 0.1) is 11.6 Å². The molecule has 0 aliphatic rings. The van der Waals surface area contributed by atoms with Crippen LogP contribution in [0.1, 0.15) is 5.56 Å². The summed E-state index contributed by atoms with van der Waals surface area (Å²) in [6.07, 6.45) is 1.57. The number of hydrogen-bond acceptors (Lipinski definition) is 4. The summed E-state index contributed by atoms with van der Waals surface area (Å²) in [6.45, 7) is 0. The lowest BCUT2D eigenvalue weighted by Gasteiger charge is -2.02. The Kier molecular flexibility index (Phi) is 3.96. The van der Waals surface area contributed by atoms with Gasteiger partial charge in [0.25, 0.3) is 0 Å². The van der Waals surface area contributed by atoms with Crippen molar-refractivity contribution in [1.29, 1.82) is 0 Å². The highest BCUT2D eigenvalue weighted by molar-refractivity contribution is 7.98. The van der Waals surface area contributed by atoms with Gasteiger partial charge in [0, 0.05) is 11.8 Å². The van der Waals surface area contributed by atoms with Gasteiger partial charge in [-0.15, -0.1) is 10.2 Å². The molecule has 3 aromatic rings. The van der Waals surface area contributed by atoms with Crippen molar-refractivity contribution in [3.63, 3.8) is 0 Å². The number of aromatic nitrogens is 2. The normalized spacial score (nSPS) is 10.8. The number of thioether (sulfide) groups is 1. The van der Waals surface area contributed by atoms with E-state index < -0.39 is 11.6 Å². The minimum Gasteiger partial charge on any atom is -0.463 e. The van der Waals surface area contributed by atoms with Gasteiger partial charge in [-0.05, 0) is 42.0 Å². The number of nitrogens with zero attached hydrogens (tertiary/aromatic N) is 2. The van der Waals surface area contributed by atoms with Gasteiger partial charge in [-0.2, -0.15) is 0 Å². The summed E-state index contributed by atoms with van der Waals surface area (Å²) < 4.78 is 31.4. The lowest BCUT2D eigenvalue weighted by Crippen LogP contribution is -1.90. The van der Waals surface area contributed by atoms with Crippen LogP contribution >= 0.6 is 11.8 Å².